The number of nitrogens with one attached hydrogen (secondary N) is 1. The van der Waals surface area contributed by atoms with Gasteiger partial charge in [-0.3, -0.25) is 10.1 Å². The van der Waals surface area contributed by atoms with Gasteiger partial charge in [-0.2, -0.15) is 0 Å². The predicted molar refractivity (Wildman–Crippen MR) is 72.4 cm³/mol. The van der Waals surface area contributed by atoms with E-state index in [-0.39, 0.29) is 5.69 Å². The predicted octanol–water partition coefficient (Wildman–Crippen LogP) is 0.570. The summed E-state index contributed by atoms with van der Waals surface area (Å²) in [5, 5.41) is 14.7. The van der Waals surface area contributed by atoms with Gasteiger partial charge in [0, 0.05) is 24.9 Å². The van der Waals surface area contributed by atoms with E-state index in [1.807, 2.05) is 18.0 Å². The highest BCUT2D eigenvalue weighted by Gasteiger charge is 2.17. The molecule has 20 heavy (non-hydrogen) atoms. The Kier molecular flexibility index (Phi) is 2.86. The van der Waals surface area contributed by atoms with Gasteiger partial charge in [-0.15, -0.1) is 0 Å². The second-order valence-electron chi connectivity index (χ2n) is 4.24. The maximum atomic E-state index is 10.7. The average molecular weight is 272 g/mol. The smallest absolute Gasteiger partial charge is 0.269 e. The number of rotatable bonds is 3. The van der Waals surface area contributed by atoms with Gasteiger partial charge >= 0.3 is 0 Å². The Bertz CT molecular complexity index is 764. The molecule has 7 nitrogen and oxygen atoms in total. The summed E-state index contributed by atoms with van der Waals surface area (Å²) in [4.78, 5) is 16.5. The number of nitro groups is 1. The van der Waals surface area contributed by atoms with Crippen molar-refractivity contribution in [3.63, 3.8) is 0 Å². The van der Waals surface area contributed by atoms with Gasteiger partial charge in [-0.25, -0.2) is 4.99 Å². The van der Waals surface area contributed by atoms with E-state index in [0.29, 0.717) is 12.2 Å². The lowest BCUT2D eigenvalue weighted by Crippen LogP contribution is -2.43. The molecular formula is C13H12N4O3. The van der Waals surface area contributed by atoms with E-state index in [1.165, 1.54) is 12.1 Å². The monoisotopic (exact) mass is 272 g/mol. The molecule has 0 fully saturated rings. The molecule has 1 aliphatic heterocycles. The zero-order chi connectivity index (χ0) is 14.1. The van der Waals surface area contributed by atoms with E-state index < -0.39 is 4.92 Å². The summed E-state index contributed by atoms with van der Waals surface area (Å²) >= 11 is 0. The maximum absolute atomic E-state index is 10.7. The number of hydrogen-bond acceptors (Lipinski definition) is 6. The van der Waals surface area contributed by atoms with Crippen molar-refractivity contribution in [3.05, 3.63) is 57.5 Å². The summed E-state index contributed by atoms with van der Waals surface area (Å²) < 4.78 is 5.28. The molecule has 1 aliphatic rings. The van der Waals surface area contributed by atoms with Gasteiger partial charge in [0.1, 0.15) is 12.5 Å². The molecule has 1 aromatic carbocycles. The summed E-state index contributed by atoms with van der Waals surface area (Å²) in [7, 11) is 1.82. The molecule has 0 saturated carbocycles. The van der Waals surface area contributed by atoms with Crippen molar-refractivity contribution < 1.29 is 9.34 Å². The van der Waals surface area contributed by atoms with E-state index in [2.05, 4.69) is 10.3 Å². The molecule has 0 saturated heterocycles. The fraction of sp³-hybridized carbons (Fsp3) is 0.154. The van der Waals surface area contributed by atoms with E-state index in [0.717, 1.165) is 16.7 Å². The van der Waals surface area contributed by atoms with Gasteiger partial charge in [-0.05, 0) is 18.2 Å². The molecular weight excluding hydrogens is 260 g/mol. The second-order valence-corrected chi connectivity index (χ2v) is 4.24. The van der Waals surface area contributed by atoms with Crippen molar-refractivity contribution in [2.45, 2.75) is 0 Å². The molecule has 0 spiro atoms. The van der Waals surface area contributed by atoms with Crippen LogP contribution in [0.3, 0.4) is 0 Å². The molecule has 2 aromatic rings. The van der Waals surface area contributed by atoms with Crippen LogP contribution in [0.1, 0.15) is 0 Å². The Morgan fingerprint density at radius 2 is 2.10 bits per heavy atom. The van der Waals surface area contributed by atoms with Crippen LogP contribution >= 0.6 is 0 Å². The van der Waals surface area contributed by atoms with Crippen LogP contribution in [0.2, 0.25) is 0 Å². The van der Waals surface area contributed by atoms with Crippen molar-refractivity contribution in [3.8, 4) is 0 Å². The van der Waals surface area contributed by atoms with Crippen LogP contribution in [0.4, 0.5) is 11.4 Å². The molecule has 0 radical (unpaired) electrons. The van der Waals surface area contributed by atoms with Crippen LogP contribution in [0.5, 0.6) is 0 Å². The summed E-state index contributed by atoms with van der Waals surface area (Å²) in [6, 6.07) is 8.20. The minimum atomic E-state index is -0.415. The van der Waals surface area contributed by atoms with Crippen molar-refractivity contribution in [2.24, 2.45) is 4.99 Å². The number of nitro benzene ring substituents is 1. The molecule has 0 unspecified atom stereocenters. The zero-order valence-corrected chi connectivity index (χ0v) is 10.7. The summed E-state index contributed by atoms with van der Waals surface area (Å²) in [5.74, 6) is 0.859. The number of anilines is 1. The Labute approximate surface area is 114 Å². The molecule has 3 rings (SSSR count). The third kappa shape index (κ3) is 1.89. The summed E-state index contributed by atoms with van der Waals surface area (Å²) in [5.41, 5.74) is 1.49. The molecule has 7 heteroatoms. The number of nitrogens with zero attached hydrogens (tertiary/aromatic N) is 3. The van der Waals surface area contributed by atoms with Crippen molar-refractivity contribution in [1.29, 1.82) is 0 Å². The van der Waals surface area contributed by atoms with Gasteiger partial charge in [0.15, 0.2) is 0 Å². The van der Waals surface area contributed by atoms with Crippen LogP contribution in [0.15, 0.2) is 46.0 Å². The first-order valence-electron chi connectivity index (χ1n) is 6.03. The number of furan rings is 1. The van der Waals surface area contributed by atoms with Gasteiger partial charge < -0.3 is 14.6 Å². The molecule has 102 valence electrons. The zero-order valence-electron chi connectivity index (χ0n) is 10.7. The van der Waals surface area contributed by atoms with Gasteiger partial charge in [0.05, 0.1) is 16.4 Å². The summed E-state index contributed by atoms with van der Waals surface area (Å²) in [6.07, 6.45) is 1.59. The highest BCUT2D eigenvalue weighted by molar-refractivity contribution is 5.68. The third-order valence-electron chi connectivity index (χ3n) is 3.13. The number of fused-ring (bicyclic) bond motifs is 1. The standard InChI is InChI=1S/C13H12N4O3/c1-14-12-11-6-7-20-13(11)15-8-16(12)9-2-4-10(5-3-9)17(18)19/h2-7,14H,8H2,1H3. The Balaban J connectivity index is 2.05. The fourth-order valence-corrected chi connectivity index (χ4v) is 2.19. The largest absolute Gasteiger partial charge is 0.446 e. The lowest BCUT2D eigenvalue weighted by atomic mass is 10.2. The molecule has 0 aliphatic carbocycles. The third-order valence-corrected chi connectivity index (χ3v) is 3.13. The average Bonchev–Trinajstić information content (AvgIpc) is 2.94. The first-order valence-corrected chi connectivity index (χ1v) is 6.03. The van der Waals surface area contributed by atoms with Crippen LogP contribution in [0.25, 0.3) is 5.82 Å². The van der Waals surface area contributed by atoms with Crippen molar-refractivity contribution in [1.82, 2.24) is 5.32 Å². The van der Waals surface area contributed by atoms with Crippen molar-refractivity contribution in [2.75, 3.05) is 18.6 Å². The van der Waals surface area contributed by atoms with E-state index >= 15 is 0 Å². The Hall–Kier alpha value is -2.83. The molecule has 1 N–H and O–H groups in total. The molecule has 0 amide bonds. The quantitative estimate of drug-likeness (QED) is 0.652. The van der Waals surface area contributed by atoms with Gasteiger partial charge in [0.25, 0.3) is 5.69 Å². The lowest BCUT2D eigenvalue weighted by Gasteiger charge is -2.26. The van der Waals surface area contributed by atoms with E-state index in [9.17, 15) is 10.1 Å². The first-order chi connectivity index (χ1) is 9.70. The minimum absolute atomic E-state index is 0.0673. The number of non-ortho nitro benzene ring substituents is 1. The normalized spacial score (nSPS) is 13.7. The Morgan fingerprint density at radius 1 is 1.35 bits per heavy atom. The van der Waals surface area contributed by atoms with Gasteiger partial charge in [0.2, 0.25) is 5.55 Å². The second kappa shape index (κ2) is 4.69. The maximum Gasteiger partial charge on any atom is 0.269 e. The highest BCUT2D eigenvalue weighted by atomic mass is 16.6. The van der Waals surface area contributed by atoms with Crippen LogP contribution < -0.4 is 21.0 Å². The first kappa shape index (κ1) is 12.2. The lowest BCUT2D eigenvalue weighted by molar-refractivity contribution is -0.384. The van der Waals surface area contributed by atoms with Crippen LogP contribution in [-0.4, -0.2) is 18.6 Å². The Morgan fingerprint density at radius 3 is 2.75 bits per heavy atom. The van der Waals surface area contributed by atoms with Crippen molar-refractivity contribution >= 4 is 17.2 Å². The van der Waals surface area contributed by atoms with Crippen LogP contribution in [-0.2, 0) is 0 Å². The van der Waals surface area contributed by atoms with Gasteiger partial charge in [-0.1, -0.05) is 0 Å². The van der Waals surface area contributed by atoms with E-state index in [4.69, 9.17) is 4.42 Å². The SMILES string of the molecule is CNC1=c2ccoc2=NCN1c1ccc([N+](=O)[O-])cc1. The molecule has 1 aromatic heterocycles. The highest BCUT2D eigenvalue weighted by Crippen LogP contribution is 2.22. The number of benzene rings is 1. The van der Waals surface area contributed by atoms with E-state index in [1.54, 1.807) is 18.4 Å². The topological polar surface area (TPSA) is 83.9 Å². The summed E-state index contributed by atoms with van der Waals surface area (Å²) in [6.45, 7) is 0.397. The fourth-order valence-electron chi connectivity index (χ4n) is 2.19. The molecule has 0 atom stereocenters. The molecule has 0 bridgehead atoms. The molecule has 2 heterocycles. The number of hydrogen-bond donors (Lipinski definition) is 1. The van der Waals surface area contributed by atoms with Crippen LogP contribution in [0, 0.1) is 10.1 Å². The minimum Gasteiger partial charge on any atom is -0.446 e.